The molecule has 0 aliphatic carbocycles. The lowest BCUT2D eigenvalue weighted by atomic mass is 9.98. The molecule has 0 atom stereocenters. The molecule has 0 aliphatic rings. The van der Waals surface area contributed by atoms with Crippen molar-refractivity contribution in [2.75, 3.05) is 5.32 Å². The second-order valence-electron chi connectivity index (χ2n) is 7.50. The summed E-state index contributed by atoms with van der Waals surface area (Å²) in [4.78, 5) is 12.8. The van der Waals surface area contributed by atoms with Crippen LogP contribution in [0.1, 0.15) is 41.3 Å². The topological polar surface area (TPSA) is 68.0 Å². The number of hydrogen-bond acceptors (Lipinski definition) is 4. The summed E-state index contributed by atoms with van der Waals surface area (Å²) in [7, 11) is 0. The molecule has 0 aliphatic heterocycles. The summed E-state index contributed by atoms with van der Waals surface area (Å²) in [6, 6.07) is 22.9. The molecule has 0 saturated carbocycles. The number of carbonyl (C=O) groups is 1. The van der Waals surface area contributed by atoms with Gasteiger partial charge in [0.1, 0.15) is 0 Å². The van der Waals surface area contributed by atoms with E-state index in [4.69, 9.17) is 4.42 Å². The predicted molar refractivity (Wildman–Crippen MR) is 118 cm³/mol. The molecule has 3 aromatic carbocycles. The molecular formula is C25H23N3O2. The van der Waals surface area contributed by atoms with Gasteiger partial charge in [0.2, 0.25) is 11.8 Å². The number of rotatable bonds is 5. The molecule has 5 heteroatoms. The van der Waals surface area contributed by atoms with Crippen molar-refractivity contribution < 1.29 is 9.21 Å². The van der Waals surface area contributed by atoms with Gasteiger partial charge in [-0.3, -0.25) is 4.79 Å². The van der Waals surface area contributed by atoms with E-state index in [9.17, 15) is 4.79 Å². The Morgan fingerprint density at radius 3 is 2.10 bits per heavy atom. The number of nitrogens with one attached hydrogen (secondary N) is 1. The molecule has 4 rings (SSSR count). The van der Waals surface area contributed by atoms with E-state index in [1.807, 2.05) is 61.5 Å². The third kappa shape index (κ3) is 4.01. The maximum Gasteiger partial charge on any atom is 0.255 e. The number of nitrogens with zero attached hydrogens (tertiary/aromatic N) is 2. The Hall–Kier alpha value is -3.73. The lowest BCUT2D eigenvalue weighted by Crippen LogP contribution is -2.14. The molecular weight excluding hydrogens is 374 g/mol. The van der Waals surface area contributed by atoms with Gasteiger partial charge in [-0.2, -0.15) is 0 Å². The molecule has 150 valence electrons. The first-order valence-corrected chi connectivity index (χ1v) is 9.93. The predicted octanol–water partition coefficient (Wildman–Crippen LogP) is 6.09. The molecule has 0 fully saturated rings. The summed E-state index contributed by atoms with van der Waals surface area (Å²) < 4.78 is 5.79. The van der Waals surface area contributed by atoms with Gasteiger partial charge in [-0.15, -0.1) is 10.2 Å². The molecule has 1 heterocycles. The Kier molecular flexibility index (Phi) is 5.44. The molecule has 1 N–H and O–H groups in total. The number of anilines is 1. The quantitative estimate of drug-likeness (QED) is 0.443. The highest BCUT2D eigenvalue weighted by Gasteiger charge is 2.15. The molecule has 1 aromatic heterocycles. The van der Waals surface area contributed by atoms with Crippen molar-refractivity contribution in [2.24, 2.45) is 0 Å². The van der Waals surface area contributed by atoms with E-state index in [1.54, 1.807) is 12.1 Å². The zero-order chi connectivity index (χ0) is 21.1. The molecule has 0 bridgehead atoms. The van der Waals surface area contributed by atoms with Crippen LogP contribution in [-0.2, 0) is 0 Å². The summed E-state index contributed by atoms with van der Waals surface area (Å²) in [5.74, 6) is 1.06. The van der Waals surface area contributed by atoms with Crippen LogP contribution in [0.2, 0.25) is 0 Å². The van der Waals surface area contributed by atoms with Crippen LogP contribution in [0.15, 0.2) is 77.2 Å². The summed E-state index contributed by atoms with van der Waals surface area (Å²) >= 11 is 0. The lowest BCUT2D eigenvalue weighted by Gasteiger charge is -2.16. The van der Waals surface area contributed by atoms with Crippen molar-refractivity contribution in [2.45, 2.75) is 26.7 Å². The van der Waals surface area contributed by atoms with Gasteiger partial charge in [0.05, 0.1) is 0 Å². The Bertz CT molecular complexity index is 1160. The number of amides is 1. The SMILES string of the molecule is Cc1cccc(C(C)C)c1NC(=O)c1ccc(-c2nnc(-c3ccccc3)o2)cc1. The molecule has 0 saturated heterocycles. The number of carbonyl (C=O) groups excluding carboxylic acids is 1. The van der Waals surface area contributed by atoms with Crippen molar-refractivity contribution in [1.82, 2.24) is 10.2 Å². The minimum atomic E-state index is -0.145. The van der Waals surface area contributed by atoms with Crippen molar-refractivity contribution in [1.29, 1.82) is 0 Å². The fraction of sp³-hybridized carbons (Fsp3) is 0.160. The molecule has 0 radical (unpaired) electrons. The van der Waals surface area contributed by atoms with Gasteiger partial charge in [0, 0.05) is 22.4 Å². The Labute approximate surface area is 175 Å². The molecule has 5 nitrogen and oxygen atoms in total. The highest BCUT2D eigenvalue weighted by Crippen LogP contribution is 2.28. The van der Waals surface area contributed by atoms with E-state index in [-0.39, 0.29) is 5.91 Å². The third-order valence-corrected chi connectivity index (χ3v) is 5.01. The maximum absolute atomic E-state index is 12.8. The van der Waals surface area contributed by atoms with Gasteiger partial charge >= 0.3 is 0 Å². The number of hydrogen-bond donors (Lipinski definition) is 1. The van der Waals surface area contributed by atoms with E-state index >= 15 is 0 Å². The summed E-state index contributed by atoms with van der Waals surface area (Å²) in [5.41, 5.74) is 5.25. The van der Waals surface area contributed by atoms with Gasteiger partial charge in [-0.1, -0.05) is 50.2 Å². The smallest absolute Gasteiger partial charge is 0.255 e. The van der Waals surface area contributed by atoms with E-state index in [1.165, 1.54) is 0 Å². The fourth-order valence-electron chi connectivity index (χ4n) is 3.33. The van der Waals surface area contributed by atoms with Gasteiger partial charge < -0.3 is 9.73 Å². The van der Waals surface area contributed by atoms with Crippen LogP contribution in [0.5, 0.6) is 0 Å². The molecule has 0 spiro atoms. The average molecular weight is 397 g/mol. The van der Waals surface area contributed by atoms with Crippen molar-refractivity contribution >= 4 is 11.6 Å². The summed E-state index contributed by atoms with van der Waals surface area (Å²) in [6.07, 6.45) is 0. The number of benzene rings is 3. The van der Waals surface area contributed by atoms with Crippen LogP contribution in [-0.4, -0.2) is 16.1 Å². The normalized spacial score (nSPS) is 10.9. The monoisotopic (exact) mass is 397 g/mol. The minimum Gasteiger partial charge on any atom is -0.416 e. The molecule has 4 aromatic rings. The first kappa shape index (κ1) is 19.6. The minimum absolute atomic E-state index is 0.145. The van der Waals surface area contributed by atoms with E-state index in [0.717, 1.165) is 27.9 Å². The maximum atomic E-state index is 12.8. The lowest BCUT2D eigenvalue weighted by molar-refractivity contribution is 0.102. The molecule has 30 heavy (non-hydrogen) atoms. The highest BCUT2D eigenvalue weighted by atomic mass is 16.4. The van der Waals surface area contributed by atoms with Gasteiger partial charge in [-0.25, -0.2) is 0 Å². The Balaban J connectivity index is 1.53. The van der Waals surface area contributed by atoms with E-state index in [2.05, 4.69) is 35.4 Å². The zero-order valence-electron chi connectivity index (χ0n) is 17.2. The second-order valence-corrected chi connectivity index (χ2v) is 7.50. The number of aromatic nitrogens is 2. The second kappa shape index (κ2) is 8.33. The van der Waals surface area contributed by atoms with Crippen molar-refractivity contribution in [3.05, 3.63) is 89.5 Å². The van der Waals surface area contributed by atoms with Crippen LogP contribution < -0.4 is 5.32 Å². The number of aryl methyl sites for hydroxylation is 1. The average Bonchev–Trinajstić information content (AvgIpc) is 3.26. The Morgan fingerprint density at radius 2 is 1.47 bits per heavy atom. The zero-order valence-corrected chi connectivity index (χ0v) is 17.2. The first-order valence-electron chi connectivity index (χ1n) is 9.93. The van der Waals surface area contributed by atoms with Crippen molar-refractivity contribution in [3.8, 4) is 22.9 Å². The summed E-state index contributed by atoms with van der Waals surface area (Å²) in [5, 5.41) is 11.3. The number of para-hydroxylation sites is 1. The highest BCUT2D eigenvalue weighted by molar-refractivity contribution is 6.05. The fourth-order valence-corrected chi connectivity index (χ4v) is 3.33. The molecule has 0 unspecified atom stereocenters. The first-order chi connectivity index (χ1) is 14.5. The Morgan fingerprint density at radius 1 is 0.833 bits per heavy atom. The van der Waals surface area contributed by atoms with Crippen LogP contribution >= 0.6 is 0 Å². The van der Waals surface area contributed by atoms with Gasteiger partial charge in [-0.05, 0) is 60.4 Å². The van der Waals surface area contributed by atoms with Gasteiger partial charge in [0.25, 0.3) is 5.91 Å². The van der Waals surface area contributed by atoms with Gasteiger partial charge in [0.15, 0.2) is 0 Å². The largest absolute Gasteiger partial charge is 0.416 e. The molecule has 1 amide bonds. The standard InChI is InChI=1S/C25H23N3O2/c1-16(2)21-11-7-8-17(3)22(21)26-23(29)18-12-14-20(15-13-18)25-28-27-24(30-25)19-9-5-4-6-10-19/h4-16H,1-3H3,(H,26,29). The van der Waals surface area contributed by atoms with Crippen molar-refractivity contribution in [3.63, 3.8) is 0 Å². The van der Waals surface area contributed by atoms with E-state index < -0.39 is 0 Å². The van der Waals surface area contributed by atoms with E-state index in [0.29, 0.717) is 23.3 Å². The van der Waals surface area contributed by atoms with Crippen LogP contribution in [0.3, 0.4) is 0 Å². The third-order valence-electron chi connectivity index (χ3n) is 5.01. The van der Waals surface area contributed by atoms with Crippen LogP contribution in [0.25, 0.3) is 22.9 Å². The van der Waals surface area contributed by atoms with Crippen LogP contribution in [0, 0.1) is 6.92 Å². The van der Waals surface area contributed by atoms with Crippen LogP contribution in [0.4, 0.5) is 5.69 Å². The summed E-state index contributed by atoms with van der Waals surface area (Å²) in [6.45, 7) is 6.24.